The number of nitrogens with zero attached hydrogens (tertiary/aromatic N) is 1. The highest BCUT2D eigenvalue weighted by atomic mass is 16.9. The maximum atomic E-state index is 12.2. The van der Waals surface area contributed by atoms with Gasteiger partial charge in [-0.05, 0) is 28.5 Å². The minimum atomic E-state index is -1.50. The van der Waals surface area contributed by atoms with Crippen LogP contribution in [0, 0.1) is 0 Å². The molecule has 2 atom stereocenters. The van der Waals surface area contributed by atoms with Crippen molar-refractivity contribution in [2.75, 3.05) is 6.61 Å². The van der Waals surface area contributed by atoms with Crippen molar-refractivity contribution in [1.82, 2.24) is 5.23 Å². The largest absolute Gasteiger partial charge is 0.491 e. The van der Waals surface area contributed by atoms with E-state index in [9.17, 15) is 15.1 Å². The van der Waals surface area contributed by atoms with Gasteiger partial charge in [0.1, 0.15) is 30.8 Å². The van der Waals surface area contributed by atoms with E-state index >= 15 is 0 Å². The molecule has 0 fully saturated rings. The van der Waals surface area contributed by atoms with E-state index in [-0.39, 0.29) is 6.61 Å². The zero-order chi connectivity index (χ0) is 20.9. The number of carbonyl (C=O) groups is 1. The highest BCUT2D eigenvalue weighted by molar-refractivity contribution is 5.75. The van der Waals surface area contributed by atoms with Crippen LogP contribution in [0.2, 0.25) is 0 Å². The van der Waals surface area contributed by atoms with Crippen molar-refractivity contribution in [3.05, 3.63) is 95.6 Å². The van der Waals surface area contributed by atoms with Crippen LogP contribution in [0.3, 0.4) is 0 Å². The van der Waals surface area contributed by atoms with Gasteiger partial charge in [-0.15, -0.1) is 0 Å². The standard InChI is InChI=1S/C23H21NO6/c25-22(17-9-5-2-6-10-17)23(26)30-24(27)20-15-29-21-13-18(11-12-19(20)21)28-14-16-7-3-1-4-8-16/h1-13,20,22,25,27H,14-15H2/t20?,22-/m1/s1. The number of benzene rings is 3. The molecule has 7 nitrogen and oxygen atoms in total. The number of hydrogen-bond acceptors (Lipinski definition) is 7. The molecule has 4 rings (SSSR count). The van der Waals surface area contributed by atoms with Crippen LogP contribution >= 0.6 is 0 Å². The Morgan fingerprint density at radius 2 is 1.77 bits per heavy atom. The van der Waals surface area contributed by atoms with E-state index in [2.05, 4.69) is 0 Å². The molecular formula is C23H21NO6. The molecule has 3 aromatic rings. The van der Waals surface area contributed by atoms with Gasteiger partial charge >= 0.3 is 5.97 Å². The van der Waals surface area contributed by atoms with Gasteiger partial charge in [-0.1, -0.05) is 60.7 Å². The van der Waals surface area contributed by atoms with E-state index in [4.69, 9.17) is 14.3 Å². The molecular weight excluding hydrogens is 386 g/mol. The molecule has 0 aromatic heterocycles. The highest BCUT2D eigenvalue weighted by Gasteiger charge is 2.33. The van der Waals surface area contributed by atoms with Gasteiger partial charge in [0.2, 0.25) is 0 Å². The Balaban J connectivity index is 1.38. The van der Waals surface area contributed by atoms with Crippen LogP contribution in [0.5, 0.6) is 11.5 Å². The first-order valence-electron chi connectivity index (χ1n) is 9.48. The van der Waals surface area contributed by atoms with Crippen LogP contribution in [0.25, 0.3) is 0 Å². The molecule has 1 heterocycles. The van der Waals surface area contributed by atoms with E-state index in [0.717, 1.165) is 5.56 Å². The number of fused-ring (bicyclic) bond motifs is 1. The smallest absolute Gasteiger partial charge is 0.360 e. The molecule has 1 unspecified atom stereocenters. The van der Waals surface area contributed by atoms with Gasteiger partial charge in [0, 0.05) is 11.6 Å². The molecule has 0 aliphatic carbocycles. The molecule has 1 aliphatic heterocycles. The van der Waals surface area contributed by atoms with E-state index in [1.54, 1.807) is 48.5 Å². The van der Waals surface area contributed by atoms with Gasteiger partial charge in [0.25, 0.3) is 0 Å². The first-order valence-corrected chi connectivity index (χ1v) is 9.48. The Morgan fingerprint density at radius 3 is 2.50 bits per heavy atom. The third-order valence-electron chi connectivity index (χ3n) is 4.78. The maximum absolute atomic E-state index is 12.2. The average molecular weight is 407 g/mol. The lowest BCUT2D eigenvalue weighted by molar-refractivity contribution is -0.344. The second-order valence-corrected chi connectivity index (χ2v) is 6.83. The summed E-state index contributed by atoms with van der Waals surface area (Å²) in [6.45, 7) is 0.507. The van der Waals surface area contributed by atoms with E-state index < -0.39 is 18.1 Å². The Morgan fingerprint density at radius 1 is 1.07 bits per heavy atom. The summed E-state index contributed by atoms with van der Waals surface area (Å²) in [6, 6.07) is 22.7. The quantitative estimate of drug-likeness (QED) is 0.579. The molecule has 0 saturated heterocycles. The summed E-state index contributed by atoms with van der Waals surface area (Å²) in [5.74, 6) is 0.170. The van der Waals surface area contributed by atoms with Crippen LogP contribution in [-0.4, -0.2) is 28.1 Å². The molecule has 0 saturated carbocycles. The lowest BCUT2D eigenvalue weighted by Crippen LogP contribution is -2.31. The molecule has 7 heteroatoms. The Labute approximate surface area is 173 Å². The van der Waals surface area contributed by atoms with Crippen molar-refractivity contribution >= 4 is 5.97 Å². The van der Waals surface area contributed by atoms with Gasteiger partial charge < -0.3 is 19.4 Å². The summed E-state index contributed by atoms with van der Waals surface area (Å²) in [4.78, 5) is 17.1. The van der Waals surface area contributed by atoms with Crippen LogP contribution in [-0.2, 0) is 16.2 Å². The third kappa shape index (κ3) is 4.44. The molecule has 154 valence electrons. The summed E-state index contributed by atoms with van der Waals surface area (Å²) >= 11 is 0. The lowest BCUT2D eigenvalue weighted by atomic mass is 10.1. The second kappa shape index (κ2) is 8.96. The van der Waals surface area contributed by atoms with Gasteiger partial charge in [-0.2, -0.15) is 0 Å². The predicted octanol–water partition coefficient (Wildman–Crippen LogP) is 3.58. The zero-order valence-electron chi connectivity index (χ0n) is 16.0. The number of ether oxygens (including phenoxy) is 2. The topological polar surface area (TPSA) is 88.5 Å². The Bertz CT molecular complexity index is 995. The molecule has 0 amide bonds. The molecule has 30 heavy (non-hydrogen) atoms. The SMILES string of the molecule is O=C(ON(O)C1COc2cc(OCc3ccccc3)ccc21)[C@H](O)c1ccccc1. The van der Waals surface area contributed by atoms with Crippen LogP contribution < -0.4 is 9.47 Å². The van der Waals surface area contributed by atoms with Gasteiger partial charge in [-0.3, -0.25) is 5.21 Å². The van der Waals surface area contributed by atoms with Crippen molar-refractivity contribution in [2.24, 2.45) is 0 Å². The average Bonchev–Trinajstić information content (AvgIpc) is 3.22. The molecule has 0 spiro atoms. The van der Waals surface area contributed by atoms with Crippen molar-refractivity contribution in [3.8, 4) is 11.5 Å². The third-order valence-corrected chi connectivity index (χ3v) is 4.78. The predicted molar refractivity (Wildman–Crippen MR) is 107 cm³/mol. The van der Waals surface area contributed by atoms with Crippen molar-refractivity contribution in [1.29, 1.82) is 0 Å². The van der Waals surface area contributed by atoms with Gasteiger partial charge in [-0.25, -0.2) is 4.79 Å². The lowest BCUT2D eigenvalue weighted by Gasteiger charge is -2.21. The van der Waals surface area contributed by atoms with Crippen LogP contribution in [0.1, 0.15) is 28.8 Å². The fourth-order valence-corrected chi connectivity index (χ4v) is 3.16. The summed E-state index contributed by atoms with van der Waals surface area (Å²) in [7, 11) is 0. The van der Waals surface area contributed by atoms with E-state index in [1.165, 1.54) is 0 Å². The van der Waals surface area contributed by atoms with E-state index in [1.807, 2.05) is 30.3 Å². The Hall–Kier alpha value is -3.39. The molecule has 1 aliphatic rings. The Kier molecular flexibility index (Phi) is 5.94. The van der Waals surface area contributed by atoms with E-state index in [0.29, 0.717) is 34.5 Å². The molecule has 3 aromatic carbocycles. The first kappa shape index (κ1) is 19.9. The summed E-state index contributed by atoms with van der Waals surface area (Å²) in [6.07, 6.45) is -1.50. The van der Waals surface area contributed by atoms with Gasteiger partial charge in [0.05, 0.1) is 0 Å². The summed E-state index contributed by atoms with van der Waals surface area (Å²) < 4.78 is 11.4. The van der Waals surface area contributed by atoms with Crippen molar-refractivity contribution < 1.29 is 29.4 Å². The summed E-state index contributed by atoms with van der Waals surface area (Å²) in [5.41, 5.74) is 2.06. The van der Waals surface area contributed by atoms with Crippen LogP contribution in [0.4, 0.5) is 0 Å². The number of hydrogen-bond donors (Lipinski definition) is 2. The fraction of sp³-hybridized carbons (Fsp3) is 0.174. The molecule has 0 radical (unpaired) electrons. The highest BCUT2D eigenvalue weighted by Crippen LogP contribution is 2.38. The number of aliphatic hydroxyl groups excluding tert-OH is 1. The number of aliphatic hydroxyl groups is 1. The second-order valence-electron chi connectivity index (χ2n) is 6.83. The van der Waals surface area contributed by atoms with Gasteiger partial charge in [0.15, 0.2) is 6.10 Å². The molecule has 2 N–H and O–H groups in total. The monoisotopic (exact) mass is 407 g/mol. The summed E-state index contributed by atoms with van der Waals surface area (Å²) in [5, 5.41) is 20.8. The normalized spacial score (nSPS) is 15.9. The number of hydroxylamine groups is 2. The maximum Gasteiger partial charge on any atom is 0.360 e. The number of rotatable bonds is 7. The number of carbonyl (C=O) groups excluding carboxylic acids is 1. The minimum absolute atomic E-state index is 0.0860. The van der Waals surface area contributed by atoms with Crippen molar-refractivity contribution in [3.63, 3.8) is 0 Å². The zero-order valence-corrected chi connectivity index (χ0v) is 16.0. The fourth-order valence-electron chi connectivity index (χ4n) is 3.16. The minimum Gasteiger partial charge on any atom is -0.491 e. The first-order chi connectivity index (χ1) is 14.6. The molecule has 0 bridgehead atoms. The van der Waals surface area contributed by atoms with Crippen LogP contribution in [0.15, 0.2) is 78.9 Å². The van der Waals surface area contributed by atoms with Crippen molar-refractivity contribution in [2.45, 2.75) is 18.8 Å².